The van der Waals surface area contributed by atoms with Gasteiger partial charge in [-0.1, -0.05) is 41.6 Å². The standard InChI is InChI=1S/C23H24N4O3S/c1-12-5-7-14(3)15(9-12)20-19(21(28)30-4)18(24-22(29)27-20)11-31-23-25-16-8-6-13(2)10-17(16)26-23/h5-10,20H,11H2,1-4H3,(H,25,26)(H2,24,27,29). The third kappa shape index (κ3) is 4.29. The molecule has 2 heterocycles. The van der Waals surface area contributed by atoms with Crippen molar-refractivity contribution in [2.45, 2.75) is 32.0 Å². The molecule has 1 aromatic heterocycles. The molecule has 160 valence electrons. The molecule has 7 nitrogen and oxygen atoms in total. The highest BCUT2D eigenvalue weighted by Gasteiger charge is 2.34. The fraction of sp³-hybridized carbons (Fsp3) is 0.261. The van der Waals surface area contributed by atoms with Gasteiger partial charge in [-0.2, -0.15) is 0 Å². The highest BCUT2D eigenvalue weighted by atomic mass is 32.2. The number of methoxy groups -OCH3 is 1. The Hall–Kier alpha value is -3.26. The maximum atomic E-state index is 12.7. The second-order valence-electron chi connectivity index (χ2n) is 7.63. The number of H-pyrrole nitrogens is 1. The van der Waals surface area contributed by atoms with E-state index in [1.165, 1.54) is 18.9 Å². The maximum Gasteiger partial charge on any atom is 0.338 e. The molecule has 1 unspecified atom stereocenters. The van der Waals surface area contributed by atoms with Crippen molar-refractivity contribution in [1.29, 1.82) is 0 Å². The Bertz CT molecular complexity index is 1210. The topological polar surface area (TPSA) is 96.1 Å². The number of aromatic nitrogens is 2. The number of amides is 2. The third-order valence-electron chi connectivity index (χ3n) is 5.27. The smallest absolute Gasteiger partial charge is 0.338 e. The molecule has 1 aliphatic heterocycles. The molecule has 0 radical (unpaired) electrons. The first kappa shape index (κ1) is 21.0. The van der Waals surface area contributed by atoms with Crippen LogP contribution in [0.25, 0.3) is 11.0 Å². The molecule has 0 fully saturated rings. The largest absolute Gasteiger partial charge is 0.466 e. The lowest BCUT2D eigenvalue weighted by Gasteiger charge is -2.30. The van der Waals surface area contributed by atoms with Gasteiger partial charge >= 0.3 is 12.0 Å². The van der Waals surface area contributed by atoms with Crippen LogP contribution in [-0.4, -0.2) is 34.8 Å². The van der Waals surface area contributed by atoms with Crippen LogP contribution in [0.3, 0.4) is 0 Å². The number of hydrogen-bond donors (Lipinski definition) is 3. The van der Waals surface area contributed by atoms with Gasteiger partial charge in [0.1, 0.15) is 0 Å². The van der Waals surface area contributed by atoms with E-state index in [0.717, 1.165) is 33.3 Å². The zero-order valence-electron chi connectivity index (χ0n) is 17.8. The fourth-order valence-electron chi connectivity index (χ4n) is 3.70. The molecule has 2 aromatic carbocycles. The van der Waals surface area contributed by atoms with Gasteiger partial charge in [0.2, 0.25) is 0 Å². The lowest BCUT2D eigenvalue weighted by Crippen LogP contribution is -2.46. The van der Waals surface area contributed by atoms with E-state index in [1.807, 2.05) is 57.2 Å². The SMILES string of the molecule is COC(=O)C1=C(CSc2nc3ccc(C)cc3[nH]2)NC(=O)NC1c1cc(C)ccc1C. The minimum Gasteiger partial charge on any atom is -0.466 e. The molecule has 0 bridgehead atoms. The first-order valence-corrected chi connectivity index (χ1v) is 10.9. The summed E-state index contributed by atoms with van der Waals surface area (Å²) in [5, 5.41) is 6.39. The number of benzene rings is 2. The first-order valence-electron chi connectivity index (χ1n) is 9.91. The van der Waals surface area contributed by atoms with Crippen molar-refractivity contribution < 1.29 is 14.3 Å². The second kappa shape index (κ2) is 8.47. The molecule has 8 heteroatoms. The molecule has 1 aliphatic rings. The van der Waals surface area contributed by atoms with E-state index in [0.29, 0.717) is 22.2 Å². The number of fused-ring (bicyclic) bond motifs is 1. The maximum absolute atomic E-state index is 12.7. The van der Waals surface area contributed by atoms with E-state index in [-0.39, 0.29) is 6.03 Å². The predicted molar refractivity (Wildman–Crippen MR) is 121 cm³/mol. The number of aryl methyl sites for hydroxylation is 3. The molecule has 0 spiro atoms. The van der Waals surface area contributed by atoms with Crippen molar-refractivity contribution in [1.82, 2.24) is 20.6 Å². The summed E-state index contributed by atoms with van der Waals surface area (Å²) in [4.78, 5) is 33.1. The number of carbonyl (C=O) groups is 2. The highest BCUT2D eigenvalue weighted by Crippen LogP contribution is 2.32. The highest BCUT2D eigenvalue weighted by molar-refractivity contribution is 7.99. The van der Waals surface area contributed by atoms with Crippen LogP contribution in [0.15, 0.2) is 52.8 Å². The van der Waals surface area contributed by atoms with E-state index < -0.39 is 12.0 Å². The van der Waals surface area contributed by atoms with E-state index >= 15 is 0 Å². The van der Waals surface area contributed by atoms with Crippen molar-refractivity contribution in [3.05, 3.63) is 69.9 Å². The fourth-order valence-corrected chi connectivity index (χ4v) is 4.55. The summed E-state index contributed by atoms with van der Waals surface area (Å²) in [6, 6.07) is 11.0. The lowest BCUT2D eigenvalue weighted by atomic mass is 9.91. The summed E-state index contributed by atoms with van der Waals surface area (Å²) in [6.07, 6.45) is 0. The number of hydrogen-bond acceptors (Lipinski definition) is 5. The summed E-state index contributed by atoms with van der Waals surface area (Å²) < 4.78 is 5.07. The van der Waals surface area contributed by atoms with Gasteiger partial charge in [-0.15, -0.1) is 0 Å². The molecule has 2 amide bonds. The van der Waals surface area contributed by atoms with Crippen LogP contribution in [0, 0.1) is 20.8 Å². The van der Waals surface area contributed by atoms with Crippen molar-refractivity contribution >= 4 is 34.8 Å². The number of aromatic amines is 1. The minimum atomic E-state index is -0.588. The van der Waals surface area contributed by atoms with Crippen molar-refractivity contribution in [2.75, 3.05) is 12.9 Å². The molecule has 4 rings (SSSR count). The van der Waals surface area contributed by atoms with Gasteiger partial charge in [-0.25, -0.2) is 14.6 Å². The van der Waals surface area contributed by atoms with E-state index in [4.69, 9.17) is 4.74 Å². The van der Waals surface area contributed by atoms with Crippen LogP contribution >= 0.6 is 11.8 Å². The average Bonchev–Trinajstić information content (AvgIpc) is 3.15. The van der Waals surface area contributed by atoms with Crippen LogP contribution in [0.1, 0.15) is 28.3 Å². The molecular weight excluding hydrogens is 412 g/mol. The Kier molecular flexibility index (Phi) is 5.73. The lowest BCUT2D eigenvalue weighted by molar-refractivity contribution is -0.136. The predicted octanol–water partition coefficient (Wildman–Crippen LogP) is 4.06. The molecular formula is C23H24N4O3S. The van der Waals surface area contributed by atoms with Gasteiger partial charge in [-0.05, 0) is 49.6 Å². The second-order valence-corrected chi connectivity index (χ2v) is 8.59. The van der Waals surface area contributed by atoms with Gasteiger partial charge in [-0.3, -0.25) is 0 Å². The van der Waals surface area contributed by atoms with E-state index in [9.17, 15) is 9.59 Å². The monoisotopic (exact) mass is 436 g/mol. The number of esters is 1. The number of urea groups is 1. The van der Waals surface area contributed by atoms with Crippen molar-refractivity contribution in [3.63, 3.8) is 0 Å². The number of imidazole rings is 1. The Morgan fingerprint density at radius 1 is 1.13 bits per heavy atom. The van der Waals surface area contributed by atoms with Crippen molar-refractivity contribution in [3.8, 4) is 0 Å². The quantitative estimate of drug-likeness (QED) is 0.414. The summed E-state index contributed by atoms with van der Waals surface area (Å²) in [6.45, 7) is 5.97. The van der Waals surface area contributed by atoms with Crippen LogP contribution in [0.2, 0.25) is 0 Å². The van der Waals surface area contributed by atoms with E-state index in [1.54, 1.807) is 0 Å². The van der Waals surface area contributed by atoms with Gasteiger partial charge in [0.05, 0.1) is 29.8 Å². The molecule has 0 saturated heterocycles. The Labute approximate surface area is 184 Å². The Morgan fingerprint density at radius 3 is 2.65 bits per heavy atom. The molecule has 0 aliphatic carbocycles. The Morgan fingerprint density at radius 2 is 1.87 bits per heavy atom. The summed E-state index contributed by atoms with van der Waals surface area (Å²) in [7, 11) is 1.35. The van der Waals surface area contributed by atoms with Gasteiger partial charge in [0.25, 0.3) is 0 Å². The number of carbonyl (C=O) groups excluding carboxylic acids is 2. The average molecular weight is 437 g/mol. The number of rotatable bonds is 5. The minimum absolute atomic E-state index is 0.352. The zero-order valence-corrected chi connectivity index (χ0v) is 18.6. The third-order valence-corrected chi connectivity index (χ3v) is 6.17. The van der Waals surface area contributed by atoms with Crippen LogP contribution in [-0.2, 0) is 9.53 Å². The molecule has 1 atom stereocenters. The number of nitrogens with zero attached hydrogens (tertiary/aromatic N) is 1. The van der Waals surface area contributed by atoms with Gasteiger partial charge in [0, 0.05) is 11.4 Å². The van der Waals surface area contributed by atoms with Gasteiger partial charge < -0.3 is 20.4 Å². The van der Waals surface area contributed by atoms with Gasteiger partial charge in [0.15, 0.2) is 5.16 Å². The molecule has 31 heavy (non-hydrogen) atoms. The van der Waals surface area contributed by atoms with E-state index in [2.05, 4.69) is 20.6 Å². The number of ether oxygens (including phenoxy) is 1. The summed E-state index contributed by atoms with van der Waals surface area (Å²) in [5.74, 6) is -0.118. The summed E-state index contributed by atoms with van der Waals surface area (Å²) in [5.41, 5.74) is 6.79. The number of nitrogens with one attached hydrogen (secondary N) is 3. The van der Waals surface area contributed by atoms with Crippen molar-refractivity contribution in [2.24, 2.45) is 0 Å². The first-order chi connectivity index (χ1) is 14.9. The zero-order chi connectivity index (χ0) is 22.1. The normalized spacial score (nSPS) is 16.3. The molecule has 3 N–H and O–H groups in total. The Balaban J connectivity index is 1.70. The molecule has 0 saturated carbocycles. The van der Waals surface area contributed by atoms with Crippen LogP contribution < -0.4 is 10.6 Å². The van der Waals surface area contributed by atoms with Crippen LogP contribution in [0.5, 0.6) is 0 Å². The number of thioether (sulfide) groups is 1. The summed E-state index contributed by atoms with van der Waals surface area (Å²) >= 11 is 1.42. The molecule has 3 aromatic rings. The van der Waals surface area contributed by atoms with Crippen LogP contribution in [0.4, 0.5) is 4.79 Å².